The highest BCUT2D eigenvalue weighted by atomic mass is 19.4. The molecule has 32 heavy (non-hydrogen) atoms. The maximum absolute atomic E-state index is 13.5. The van der Waals surface area contributed by atoms with Gasteiger partial charge in [0.05, 0.1) is 17.2 Å². The molecule has 1 saturated heterocycles. The summed E-state index contributed by atoms with van der Waals surface area (Å²) in [6.07, 6.45) is 4.27. The van der Waals surface area contributed by atoms with Crippen LogP contribution in [0.5, 0.6) is 0 Å². The molecule has 3 aliphatic carbocycles. The lowest BCUT2D eigenvalue weighted by Crippen LogP contribution is -2.60. The number of alkyl halides is 3. The molecule has 2 heterocycles. The van der Waals surface area contributed by atoms with E-state index in [1.165, 1.54) is 18.5 Å². The standard InChI is InChI=1S/C23H26F3N5O/c24-23(25,26)15-1-2-17(19-18(15)28-5-6-29-19)31-11-16(22(12-31)3-4-22)20(32)30-14-9-21(10-14)7-13(27)8-21/h1-2,5-6,13-14,16H,3-4,7-12,27H2,(H,30,32). The summed E-state index contributed by atoms with van der Waals surface area (Å²) in [7, 11) is 0. The lowest BCUT2D eigenvalue weighted by Gasteiger charge is -2.57. The molecule has 4 fully saturated rings. The predicted octanol–water partition coefficient (Wildman–Crippen LogP) is 3.25. The van der Waals surface area contributed by atoms with Crippen molar-refractivity contribution in [1.29, 1.82) is 0 Å². The monoisotopic (exact) mass is 445 g/mol. The van der Waals surface area contributed by atoms with Gasteiger partial charge in [0, 0.05) is 43.0 Å². The first-order chi connectivity index (χ1) is 15.2. The number of rotatable bonds is 3. The van der Waals surface area contributed by atoms with E-state index in [4.69, 9.17) is 5.73 Å². The van der Waals surface area contributed by atoms with Crippen molar-refractivity contribution in [1.82, 2.24) is 15.3 Å². The third-order valence-electron chi connectivity index (χ3n) is 8.20. The molecule has 1 aromatic carbocycles. The van der Waals surface area contributed by atoms with Gasteiger partial charge in [-0.2, -0.15) is 13.2 Å². The Morgan fingerprint density at radius 1 is 1.09 bits per heavy atom. The summed E-state index contributed by atoms with van der Waals surface area (Å²) in [4.78, 5) is 23.4. The quantitative estimate of drug-likeness (QED) is 0.758. The topological polar surface area (TPSA) is 84.1 Å². The summed E-state index contributed by atoms with van der Waals surface area (Å²) in [6.45, 7) is 1.15. The zero-order chi connectivity index (χ0) is 22.3. The maximum atomic E-state index is 13.5. The van der Waals surface area contributed by atoms with E-state index in [-0.39, 0.29) is 34.3 Å². The lowest BCUT2D eigenvalue weighted by molar-refractivity contribution is -0.136. The minimum absolute atomic E-state index is 0.0794. The largest absolute Gasteiger partial charge is 0.418 e. The molecular weight excluding hydrogens is 419 g/mol. The van der Waals surface area contributed by atoms with Crippen molar-refractivity contribution in [2.75, 3.05) is 18.0 Å². The number of amides is 1. The number of hydrogen-bond donors (Lipinski definition) is 2. The Balaban J connectivity index is 1.21. The first-order valence-corrected chi connectivity index (χ1v) is 11.3. The van der Waals surface area contributed by atoms with Gasteiger partial charge in [0.25, 0.3) is 0 Å². The molecule has 6 nitrogen and oxygen atoms in total. The Morgan fingerprint density at radius 2 is 1.78 bits per heavy atom. The number of nitrogens with one attached hydrogen (secondary N) is 1. The van der Waals surface area contributed by atoms with Crippen LogP contribution in [0.1, 0.15) is 44.1 Å². The van der Waals surface area contributed by atoms with Crippen molar-refractivity contribution in [3.63, 3.8) is 0 Å². The molecule has 1 atom stereocenters. The number of nitrogens with two attached hydrogens (primary N) is 1. The number of nitrogens with zero attached hydrogens (tertiary/aromatic N) is 3. The number of carbonyl (C=O) groups excluding carboxylic acids is 1. The van der Waals surface area contributed by atoms with Crippen LogP contribution in [-0.4, -0.2) is 41.0 Å². The minimum atomic E-state index is -4.50. The fourth-order valence-electron chi connectivity index (χ4n) is 6.48. The van der Waals surface area contributed by atoms with Crippen LogP contribution in [0, 0.1) is 16.7 Å². The lowest BCUT2D eigenvalue weighted by atomic mass is 9.52. The number of anilines is 1. The second kappa shape index (κ2) is 6.56. The van der Waals surface area contributed by atoms with E-state index >= 15 is 0 Å². The van der Waals surface area contributed by atoms with E-state index in [2.05, 4.69) is 15.3 Å². The summed E-state index contributed by atoms with van der Waals surface area (Å²) < 4.78 is 40.4. The fourth-order valence-corrected chi connectivity index (χ4v) is 6.48. The van der Waals surface area contributed by atoms with E-state index in [1.807, 2.05) is 4.90 Å². The molecule has 4 aliphatic rings. The van der Waals surface area contributed by atoms with Crippen molar-refractivity contribution in [3.8, 4) is 0 Å². The third-order valence-corrected chi connectivity index (χ3v) is 8.20. The van der Waals surface area contributed by atoms with Gasteiger partial charge >= 0.3 is 6.18 Å². The molecule has 1 aliphatic heterocycles. The number of carbonyl (C=O) groups is 1. The van der Waals surface area contributed by atoms with Crippen LogP contribution in [0.3, 0.4) is 0 Å². The Kier molecular flexibility index (Phi) is 4.14. The Bertz CT molecular complexity index is 1080. The second-order valence-corrected chi connectivity index (χ2v) is 10.5. The van der Waals surface area contributed by atoms with Crippen molar-refractivity contribution >= 4 is 22.6 Å². The number of hydrogen-bond acceptors (Lipinski definition) is 5. The molecule has 1 amide bonds. The molecule has 1 aromatic heterocycles. The normalized spacial score (nSPS) is 32.8. The van der Waals surface area contributed by atoms with Crippen LogP contribution in [0.2, 0.25) is 0 Å². The highest BCUT2D eigenvalue weighted by Gasteiger charge is 2.59. The summed E-state index contributed by atoms with van der Waals surface area (Å²) in [6, 6.07) is 3.09. The molecule has 1 unspecified atom stereocenters. The highest BCUT2D eigenvalue weighted by Crippen LogP contribution is 2.58. The van der Waals surface area contributed by atoms with Crippen molar-refractivity contribution < 1.29 is 18.0 Å². The van der Waals surface area contributed by atoms with E-state index in [9.17, 15) is 18.0 Å². The van der Waals surface area contributed by atoms with E-state index < -0.39 is 11.7 Å². The molecular formula is C23H26F3N5O. The van der Waals surface area contributed by atoms with Gasteiger partial charge in [-0.05, 0) is 56.1 Å². The average molecular weight is 445 g/mol. The summed E-state index contributed by atoms with van der Waals surface area (Å²) in [5.41, 5.74) is 6.13. The van der Waals surface area contributed by atoms with E-state index in [0.29, 0.717) is 30.2 Å². The zero-order valence-electron chi connectivity index (χ0n) is 17.7. The van der Waals surface area contributed by atoms with Gasteiger partial charge in [0.2, 0.25) is 5.91 Å². The van der Waals surface area contributed by atoms with Crippen LogP contribution in [0.25, 0.3) is 11.0 Å². The van der Waals surface area contributed by atoms with Crippen LogP contribution < -0.4 is 16.0 Å². The molecule has 9 heteroatoms. The molecule has 0 bridgehead atoms. The Labute approximate surface area is 183 Å². The van der Waals surface area contributed by atoms with Gasteiger partial charge in [-0.3, -0.25) is 14.8 Å². The minimum Gasteiger partial charge on any atom is -0.368 e. The van der Waals surface area contributed by atoms with Crippen molar-refractivity contribution in [3.05, 3.63) is 30.1 Å². The smallest absolute Gasteiger partial charge is 0.368 e. The van der Waals surface area contributed by atoms with Gasteiger partial charge in [0.1, 0.15) is 11.0 Å². The number of fused-ring (bicyclic) bond motifs is 1. The molecule has 6 rings (SSSR count). The molecule has 170 valence electrons. The van der Waals surface area contributed by atoms with Crippen LogP contribution in [-0.2, 0) is 11.0 Å². The summed E-state index contributed by atoms with van der Waals surface area (Å²) in [5.74, 6) is -0.0764. The zero-order valence-corrected chi connectivity index (χ0v) is 17.7. The fraction of sp³-hybridized carbons (Fsp3) is 0.609. The molecule has 3 N–H and O–H groups in total. The third kappa shape index (κ3) is 3.08. The van der Waals surface area contributed by atoms with Crippen LogP contribution >= 0.6 is 0 Å². The highest BCUT2D eigenvalue weighted by molar-refractivity contribution is 5.92. The van der Waals surface area contributed by atoms with Gasteiger partial charge in [-0.1, -0.05) is 0 Å². The number of benzene rings is 1. The molecule has 3 saturated carbocycles. The average Bonchev–Trinajstić information content (AvgIpc) is 3.35. The SMILES string of the molecule is NC1CC2(C1)CC(NC(=O)C1CN(c3ccc(C(F)(F)F)c4nccnc34)CC13CC3)C2. The van der Waals surface area contributed by atoms with Gasteiger partial charge in [0.15, 0.2) is 0 Å². The maximum Gasteiger partial charge on any atom is 0.418 e. The number of aromatic nitrogens is 2. The van der Waals surface area contributed by atoms with E-state index in [1.54, 1.807) is 0 Å². The Hall–Kier alpha value is -2.42. The van der Waals surface area contributed by atoms with Crippen molar-refractivity contribution in [2.45, 2.75) is 56.8 Å². The first kappa shape index (κ1) is 20.2. The summed E-state index contributed by atoms with van der Waals surface area (Å²) in [5, 5.41) is 3.25. The molecule has 2 aromatic rings. The first-order valence-electron chi connectivity index (χ1n) is 11.3. The predicted molar refractivity (Wildman–Crippen MR) is 113 cm³/mol. The van der Waals surface area contributed by atoms with Crippen LogP contribution in [0.4, 0.5) is 18.9 Å². The van der Waals surface area contributed by atoms with Gasteiger partial charge in [-0.25, -0.2) is 0 Å². The van der Waals surface area contributed by atoms with Gasteiger partial charge < -0.3 is 16.0 Å². The molecule has 2 spiro atoms. The van der Waals surface area contributed by atoms with E-state index in [0.717, 1.165) is 44.6 Å². The van der Waals surface area contributed by atoms with Gasteiger partial charge in [-0.15, -0.1) is 0 Å². The van der Waals surface area contributed by atoms with Crippen LogP contribution in [0.15, 0.2) is 24.5 Å². The second-order valence-electron chi connectivity index (χ2n) is 10.5. The number of halogens is 3. The Morgan fingerprint density at radius 3 is 2.41 bits per heavy atom. The van der Waals surface area contributed by atoms with Crippen molar-refractivity contribution in [2.24, 2.45) is 22.5 Å². The summed E-state index contributed by atoms with van der Waals surface area (Å²) >= 11 is 0. The molecule has 0 radical (unpaired) electrons.